The van der Waals surface area contributed by atoms with Gasteiger partial charge in [-0.1, -0.05) is 36.6 Å². The van der Waals surface area contributed by atoms with Gasteiger partial charge < -0.3 is 0 Å². The molecule has 0 saturated heterocycles. The zero-order valence-corrected chi connectivity index (χ0v) is 9.40. The number of ketones is 2. The summed E-state index contributed by atoms with van der Waals surface area (Å²) in [5.74, 6) is 0.243. The molecule has 1 aromatic carbocycles. The van der Waals surface area contributed by atoms with Crippen LogP contribution in [0.3, 0.4) is 0 Å². The number of carbonyl (C=O) groups is 2. The summed E-state index contributed by atoms with van der Waals surface area (Å²) in [7, 11) is 2.02. The van der Waals surface area contributed by atoms with Gasteiger partial charge in [0.2, 0.25) is 0 Å². The second kappa shape index (κ2) is 4.64. The highest BCUT2D eigenvalue weighted by atomic mass is 16.1. The second-order valence-electron chi connectivity index (χ2n) is 4.32. The first-order valence-corrected chi connectivity index (χ1v) is 5.62. The van der Waals surface area contributed by atoms with Crippen LogP contribution >= 0.6 is 0 Å². The van der Waals surface area contributed by atoms with Crippen LogP contribution in [0.5, 0.6) is 0 Å². The number of carbonyl (C=O) groups excluding carboxylic acids is 2. The fraction of sp³-hybridized carbons (Fsp3) is 0.385. The van der Waals surface area contributed by atoms with Crippen LogP contribution < -0.4 is 5.46 Å². The van der Waals surface area contributed by atoms with Crippen LogP contribution in [-0.2, 0) is 9.59 Å². The van der Waals surface area contributed by atoms with Gasteiger partial charge >= 0.3 is 0 Å². The third-order valence-corrected chi connectivity index (χ3v) is 3.06. The van der Waals surface area contributed by atoms with Gasteiger partial charge in [-0.15, -0.1) is 0 Å². The van der Waals surface area contributed by atoms with E-state index in [4.69, 9.17) is 0 Å². The summed E-state index contributed by atoms with van der Waals surface area (Å²) in [6, 6.07) is 8.07. The molecule has 1 radical (unpaired) electrons. The summed E-state index contributed by atoms with van der Waals surface area (Å²) >= 11 is 0. The zero-order valence-electron chi connectivity index (χ0n) is 9.40. The van der Waals surface area contributed by atoms with Crippen molar-refractivity contribution < 1.29 is 9.59 Å². The van der Waals surface area contributed by atoms with Crippen molar-refractivity contribution in [2.24, 2.45) is 0 Å². The summed E-state index contributed by atoms with van der Waals surface area (Å²) in [5.41, 5.74) is 2.25. The Balaban J connectivity index is 2.22. The molecule has 1 saturated carbocycles. The van der Waals surface area contributed by atoms with E-state index in [1.165, 1.54) is 0 Å². The lowest BCUT2D eigenvalue weighted by atomic mass is 9.71. The van der Waals surface area contributed by atoms with Crippen molar-refractivity contribution in [3.8, 4) is 0 Å². The third kappa shape index (κ3) is 2.41. The van der Waals surface area contributed by atoms with Crippen LogP contribution in [-0.4, -0.2) is 18.8 Å². The van der Waals surface area contributed by atoms with E-state index in [0.717, 1.165) is 11.0 Å². The quantitative estimate of drug-likeness (QED) is 0.550. The first-order valence-electron chi connectivity index (χ1n) is 5.62. The minimum absolute atomic E-state index is 0.0760. The number of Topliss-reactive ketones (excluding diaryl/α,β-unsaturated/α-hetero) is 2. The molecular formula is C13H14BO2. The molecule has 0 aliphatic heterocycles. The molecule has 1 aromatic rings. The smallest absolute Gasteiger partial charge is 0.148 e. The van der Waals surface area contributed by atoms with Crippen molar-refractivity contribution in [1.29, 1.82) is 0 Å². The van der Waals surface area contributed by atoms with Crippen LogP contribution in [0.15, 0.2) is 24.3 Å². The molecule has 0 N–H and O–H groups in total. The van der Waals surface area contributed by atoms with E-state index < -0.39 is 0 Å². The van der Waals surface area contributed by atoms with Gasteiger partial charge in [-0.2, -0.15) is 0 Å². The van der Waals surface area contributed by atoms with Crippen LogP contribution in [0.1, 0.15) is 30.7 Å². The molecule has 0 atom stereocenters. The van der Waals surface area contributed by atoms with Crippen LogP contribution in [0.2, 0.25) is 6.82 Å². The molecule has 0 spiro atoms. The SMILES string of the molecule is C[B]c1cccc(C2CC(=O)CC(=O)C2)c1. The van der Waals surface area contributed by atoms with E-state index in [-0.39, 0.29) is 23.9 Å². The summed E-state index contributed by atoms with van der Waals surface area (Å²) in [6.45, 7) is 1.98. The topological polar surface area (TPSA) is 34.1 Å². The highest BCUT2D eigenvalue weighted by Crippen LogP contribution is 2.28. The zero-order chi connectivity index (χ0) is 11.5. The molecule has 1 aliphatic carbocycles. The minimum Gasteiger partial charge on any atom is -0.299 e. The molecule has 0 unspecified atom stereocenters. The highest BCUT2D eigenvalue weighted by Gasteiger charge is 2.26. The van der Waals surface area contributed by atoms with E-state index in [1.807, 2.05) is 32.3 Å². The number of rotatable bonds is 2. The van der Waals surface area contributed by atoms with Crippen LogP contribution in [0.4, 0.5) is 0 Å². The monoisotopic (exact) mass is 213 g/mol. The lowest BCUT2D eigenvalue weighted by Crippen LogP contribution is -2.22. The lowest BCUT2D eigenvalue weighted by molar-refractivity contribution is -0.130. The van der Waals surface area contributed by atoms with Crippen molar-refractivity contribution in [2.75, 3.05) is 0 Å². The fourth-order valence-corrected chi connectivity index (χ4v) is 2.21. The number of hydrogen-bond acceptors (Lipinski definition) is 2. The van der Waals surface area contributed by atoms with Gasteiger partial charge in [0.05, 0.1) is 6.42 Å². The minimum atomic E-state index is 0.0760. The average Bonchev–Trinajstić information content (AvgIpc) is 2.28. The van der Waals surface area contributed by atoms with Gasteiger partial charge in [0.25, 0.3) is 0 Å². The molecule has 2 rings (SSSR count). The first kappa shape index (κ1) is 11.1. The third-order valence-electron chi connectivity index (χ3n) is 3.06. The predicted octanol–water partition coefficient (Wildman–Crippen LogP) is 1.47. The molecule has 1 aliphatic rings. The Morgan fingerprint density at radius 3 is 2.50 bits per heavy atom. The van der Waals surface area contributed by atoms with Gasteiger partial charge in [-0.3, -0.25) is 9.59 Å². The molecule has 0 bridgehead atoms. The molecule has 1 fully saturated rings. The van der Waals surface area contributed by atoms with Crippen molar-refractivity contribution in [2.45, 2.75) is 32.0 Å². The van der Waals surface area contributed by atoms with Crippen molar-refractivity contribution in [1.82, 2.24) is 0 Å². The molecule has 0 amide bonds. The van der Waals surface area contributed by atoms with Crippen molar-refractivity contribution >= 4 is 24.3 Å². The Kier molecular flexibility index (Phi) is 3.23. The maximum Gasteiger partial charge on any atom is 0.148 e. The van der Waals surface area contributed by atoms with E-state index in [2.05, 4.69) is 6.07 Å². The Labute approximate surface area is 96.3 Å². The summed E-state index contributed by atoms with van der Waals surface area (Å²) < 4.78 is 0. The Morgan fingerprint density at radius 2 is 1.88 bits per heavy atom. The molecule has 0 aromatic heterocycles. The highest BCUT2D eigenvalue weighted by molar-refractivity contribution is 6.51. The molecule has 2 nitrogen and oxygen atoms in total. The van der Waals surface area contributed by atoms with Crippen LogP contribution in [0, 0.1) is 0 Å². The first-order chi connectivity index (χ1) is 7.69. The summed E-state index contributed by atoms with van der Waals surface area (Å²) in [6.07, 6.45) is 1.16. The molecular weight excluding hydrogens is 199 g/mol. The lowest BCUT2D eigenvalue weighted by Gasteiger charge is -2.20. The van der Waals surface area contributed by atoms with E-state index >= 15 is 0 Å². The number of hydrogen-bond donors (Lipinski definition) is 0. The van der Waals surface area contributed by atoms with Crippen molar-refractivity contribution in [3.05, 3.63) is 29.8 Å². The molecule has 3 heteroatoms. The average molecular weight is 213 g/mol. The van der Waals surface area contributed by atoms with Crippen molar-refractivity contribution in [3.63, 3.8) is 0 Å². The fourth-order valence-electron chi connectivity index (χ4n) is 2.21. The molecule has 0 heterocycles. The molecule has 16 heavy (non-hydrogen) atoms. The van der Waals surface area contributed by atoms with Gasteiger partial charge in [-0.05, 0) is 11.5 Å². The maximum absolute atomic E-state index is 11.4. The summed E-state index contributed by atoms with van der Waals surface area (Å²) in [5, 5.41) is 0. The standard InChI is InChI=1S/C13H14BO2/c1-14-11-4-2-3-9(5-11)10-6-12(15)8-13(16)7-10/h2-5,10H,6-8H2,1H3. The Hall–Kier alpha value is -1.38. The van der Waals surface area contributed by atoms with E-state index in [0.29, 0.717) is 12.8 Å². The normalized spacial score (nSPS) is 17.6. The molecule has 81 valence electrons. The Bertz CT molecular complexity index is 410. The largest absolute Gasteiger partial charge is 0.299 e. The van der Waals surface area contributed by atoms with E-state index in [1.54, 1.807) is 0 Å². The number of benzene rings is 1. The van der Waals surface area contributed by atoms with Gasteiger partial charge in [0, 0.05) is 12.8 Å². The predicted molar refractivity (Wildman–Crippen MR) is 64.3 cm³/mol. The Morgan fingerprint density at radius 1 is 1.19 bits per heavy atom. The van der Waals surface area contributed by atoms with E-state index in [9.17, 15) is 9.59 Å². The maximum atomic E-state index is 11.4. The van der Waals surface area contributed by atoms with Crippen LogP contribution in [0.25, 0.3) is 0 Å². The summed E-state index contributed by atoms with van der Waals surface area (Å²) in [4.78, 5) is 22.8. The van der Waals surface area contributed by atoms with Gasteiger partial charge in [0.1, 0.15) is 18.8 Å². The van der Waals surface area contributed by atoms with Gasteiger partial charge in [-0.25, -0.2) is 0 Å². The van der Waals surface area contributed by atoms with Gasteiger partial charge in [0.15, 0.2) is 0 Å². The second-order valence-corrected chi connectivity index (χ2v) is 4.32.